The van der Waals surface area contributed by atoms with Gasteiger partial charge in [-0.25, -0.2) is 9.36 Å². The highest BCUT2D eigenvalue weighted by molar-refractivity contribution is 5.68. The van der Waals surface area contributed by atoms with Crippen molar-refractivity contribution in [3.63, 3.8) is 0 Å². The molecule has 0 amide bonds. The molecule has 0 saturated carbocycles. The maximum Gasteiger partial charge on any atom is 0.303 e. The van der Waals surface area contributed by atoms with E-state index in [0.29, 0.717) is 18.5 Å². The number of para-hydroxylation sites is 1. The second-order valence-corrected chi connectivity index (χ2v) is 9.25. The molecule has 0 aliphatic carbocycles. The van der Waals surface area contributed by atoms with Gasteiger partial charge in [-0.15, -0.1) is 10.2 Å². The normalized spacial score (nSPS) is 22.0. The lowest BCUT2D eigenvalue weighted by atomic mass is 9.97. The molecule has 15 heteroatoms. The summed E-state index contributed by atoms with van der Waals surface area (Å²) < 4.78 is 30.6. The van der Waals surface area contributed by atoms with Gasteiger partial charge in [0, 0.05) is 27.7 Å². The molecule has 3 aromatic rings. The lowest BCUT2D eigenvalue weighted by Crippen LogP contribution is -2.60. The Morgan fingerprint density at radius 1 is 0.829 bits per heavy atom. The summed E-state index contributed by atoms with van der Waals surface area (Å²) in [6.07, 6.45) is -1.88. The third kappa shape index (κ3) is 7.51. The third-order valence-electron chi connectivity index (χ3n) is 6.04. The van der Waals surface area contributed by atoms with Crippen LogP contribution in [0.1, 0.15) is 45.3 Å². The van der Waals surface area contributed by atoms with Crippen LogP contribution in [-0.4, -0.2) is 84.9 Å². The van der Waals surface area contributed by atoms with Crippen molar-refractivity contribution in [1.82, 2.24) is 30.0 Å². The SMILES string of the molecule is CC(=O)OC[C@H]1O[C@@H](n2cc(CCc3cnnn3-c3ccccc3)nn2)[C@H](OC(C)=O)[C@@H](OC(C)=O)[C@@H]1OC(C)=O. The maximum absolute atomic E-state index is 12.1. The first-order valence-corrected chi connectivity index (χ1v) is 12.8. The summed E-state index contributed by atoms with van der Waals surface area (Å²) in [7, 11) is 0. The van der Waals surface area contributed by atoms with E-state index in [1.165, 1.54) is 18.5 Å². The van der Waals surface area contributed by atoms with Gasteiger partial charge in [-0.2, -0.15) is 0 Å². The Kier molecular flexibility index (Phi) is 9.39. The summed E-state index contributed by atoms with van der Waals surface area (Å²) in [6.45, 7) is 4.35. The van der Waals surface area contributed by atoms with E-state index in [-0.39, 0.29) is 6.61 Å². The Labute approximate surface area is 234 Å². The zero-order chi connectivity index (χ0) is 29.5. The highest BCUT2D eigenvalue weighted by Crippen LogP contribution is 2.34. The van der Waals surface area contributed by atoms with Gasteiger partial charge in [0.25, 0.3) is 0 Å². The van der Waals surface area contributed by atoms with Gasteiger partial charge >= 0.3 is 23.9 Å². The monoisotopic (exact) mass is 570 g/mol. The quantitative estimate of drug-likeness (QED) is 0.248. The standard InChI is InChI=1S/C26H30N6O9/c1-15(33)37-14-22-23(38-16(2)34)24(39-17(3)35)25(40-18(4)36)26(41-22)31-13-19(28-30-31)10-11-21-12-27-29-32(21)20-8-6-5-7-9-20/h5-9,12-13,22-26H,10-11,14H2,1-4H3/t22-,23-,24+,25-,26-/m1/s1. The molecule has 0 bridgehead atoms. The average molecular weight is 571 g/mol. The van der Waals surface area contributed by atoms with Crippen LogP contribution in [0.5, 0.6) is 0 Å². The summed E-state index contributed by atoms with van der Waals surface area (Å²) in [4.78, 5) is 47.6. The van der Waals surface area contributed by atoms with Crippen molar-refractivity contribution in [2.45, 2.75) is 71.2 Å². The molecule has 4 rings (SSSR count). The van der Waals surface area contributed by atoms with Gasteiger partial charge in [-0.1, -0.05) is 28.6 Å². The Morgan fingerprint density at radius 3 is 2.15 bits per heavy atom. The molecule has 1 aliphatic rings. The van der Waals surface area contributed by atoms with Crippen molar-refractivity contribution in [3.8, 4) is 5.69 Å². The number of hydrogen-bond acceptors (Lipinski definition) is 13. The molecule has 1 fully saturated rings. The van der Waals surface area contributed by atoms with Crippen LogP contribution in [0.2, 0.25) is 0 Å². The molecule has 1 aliphatic heterocycles. The van der Waals surface area contributed by atoms with E-state index in [2.05, 4.69) is 20.6 Å². The van der Waals surface area contributed by atoms with E-state index >= 15 is 0 Å². The zero-order valence-electron chi connectivity index (χ0n) is 22.9. The molecule has 0 radical (unpaired) electrons. The minimum Gasteiger partial charge on any atom is -0.463 e. The summed E-state index contributed by atoms with van der Waals surface area (Å²) in [6, 6.07) is 9.55. The largest absolute Gasteiger partial charge is 0.463 e. The highest BCUT2D eigenvalue weighted by atomic mass is 16.7. The second-order valence-electron chi connectivity index (χ2n) is 9.25. The van der Waals surface area contributed by atoms with Crippen molar-refractivity contribution < 1.29 is 42.9 Å². The predicted molar refractivity (Wildman–Crippen MR) is 136 cm³/mol. The number of benzene rings is 1. The lowest BCUT2D eigenvalue weighted by Gasteiger charge is -2.44. The van der Waals surface area contributed by atoms with Gasteiger partial charge in [0.05, 0.1) is 29.5 Å². The smallest absolute Gasteiger partial charge is 0.303 e. The number of rotatable bonds is 10. The first kappa shape index (κ1) is 29.3. The second kappa shape index (κ2) is 13.1. The van der Waals surface area contributed by atoms with Gasteiger partial charge in [-0.3, -0.25) is 19.2 Å². The summed E-state index contributed by atoms with van der Waals surface area (Å²) in [5.41, 5.74) is 2.28. The minimum absolute atomic E-state index is 0.341. The minimum atomic E-state index is -1.31. The van der Waals surface area contributed by atoms with Crippen LogP contribution >= 0.6 is 0 Å². The van der Waals surface area contributed by atoms with Gasteiger partial charge in [0.2, 0.25) is 0 Å². The molecule has 15 nitrogen and oxygen atoms in total. The summed E-state index contributed by atoms with van der Waals surface area (Å²) in [5.74, 6) is -2.75. The molecular formula is C26H30N6O9. The van der Waals surface area contributed by atoms with Gasteiger partial charge in [0.15, 0.2) is 24.5 Å². The topological polar surface area (TPSA) is 176 Å². The molecule has 0 N–H and O–H groups in total. The van der Waals surface area contributed by atoms with Gasteiger partial charge in [0.1, 0.15) is 12.7 Å². The van der Waals surface area contributed by atoms with Crippen LogP contribution in [0.4, 0.5) is 0 Å². The third-order valence-corrected chi connectivity index (χ3v) is 6.04. The molecule has 0 spiro atoms. The number of aryl methyl sites for hydroxylation is 2. The van der Waals surface area contributed by atoms with Crippen LogP contribution in [0.15, 0.2) is 42.7 Å². The van der Waals surface area contributed by atoms with Crippen molar-refractivity contribution >= 4 is 23.9 Å². The maximum atomic E-state index is 12.1. The van der Waals surface area contributed by atoms with E-state index in [0.717, 1.165) is 25.2 Å². The lowest BCUT2D eigenvalue weighted by molar-refractivity contribution is -0.270. The summed E-state index contributed by atoms with van der Waals surface area (Å²) >= 11 is 0. The zero-order valence-corrected chi connectivity index (χ0v) is 22.9. The summed E-state index contributed by atoms with van der Waals surface area (Å²) in [5, 5.41) is 16.6. The van der Waals surface area contributed by atoms with Gasteiger partial charge in [-0.05, 0) is 25.0 Å². The first-order valence-electron chi connectivity index (χ1n) is 12.8. The molecule has 5 atom stereocenters. The van der Waals surface area contributed by atoms with E-state index in [9.17, 15) is 19.2 Å². The Hall–Kier alpha value is -4.66. The number of nitrogens with zero attached hydrogens (tertiary/aromatic N) is 6. The fraction of sp³-hybridized carbons (Fsp3) is 0.462. The fourth-order valence-corrected chi connectivity index (χ4v) is 4.44. The molecule has 3 heterocycles. The Balaban J connectivity index is 1.60. The van der Waals surface area contributed by atoms with Crippen molar-refractivity contribution in [3.05, 3.63) is 54.1 Å². The van der Waals surface area contributed by atoms with E-state index in [1.54, 1.807) is 17.1 Å². The molecule has 218 valence electrons. The Bertz CT molecular complexity index is 1370. The molecular weight excluding hydrogens is 540 g/mol. The highest BCUT2D eigenvalue weighted by Gasteiger charge is 2.53. The average Bonchev–Trinajstić information content (AvgIpc) is 3.58. The van der Waals surface area contributed by atoms with Crippen LogP contribution in [0, 0.1) is 0 Å². The van der Waals surface area contributed by atoms with E-state index in [1.807, 2.05) is 30.3 Å². The number of aromatic nitrogens is 6. The number of esters is 4. The molecule has 1 saturated heterocycles. The van der Waals surface area contributed by atoms with Crippen molar-refractivity contribution in [1.29, 1.82) is 0 Å². The molecule has 41 heavy (non-hydrogen) atoms. The van der Waals surface area contributed by atoms with Crippen LogP contribution in [0.3, 0.4) is 0 Å². The van der Waals surface area contributed by atoms with Crippen LogP contribution in [0.25, 0.3) is 5.69 Å². The van der Waals surface area contributed by atoms with Crippen LogP contribution in [-0.2, 0) is 55.7 Å². The number of hydrogen-bond donors (Lipinski definition) is 0. The van der Waals surface area contributed by atoms with Gasteiger partial charge < -0.3 is 23.7 Å². The first-order chi connectivity index (χ1) is 19.6. The van der Waals surface area contributed by atoms with E-state index in [4.69, 9.17) is 23.7 Å². The number of carbonyl (C=O) groups is 4. The van der Waals surface area contributed by atoms with E-state index < -0.39 is 54.5 Å². The van der Waals surface area contributed by atoms with Crippen LogP contribution < -0.4 is 0 Å². The molecule has 0 unspecified atom stereocenters. The molecule has 1 aromatic carbocycles. The Morgan fingerprint density at radius 2 is 1.49 bits per heavy atom. The fourth-order valence-electron chi connectivity index (χ4n) is 4.44. The predicted octanol–water partition coefficient (Wildman–Crippen LogP) is 0.900. The molecule has 2 aromatic heterocycles. The number of ether oxygens (including phenoxy) is 5. The van der Waals surface area contributed by atoms with Crippen molar-refractivity contribution in [2.24, 2.45) is 0 Å². The number of carbonyl (C=O) groups excluding carboxylic acids is 4. The van der Waals surface area contributed by atoms with Crippen molar-refractivity contribution in [2.75, 3.05) is 6.61 Å².